The number of carbonyl (C=O) groups is 1. The van der Waals surface area contributed by atoms with E-state index in [1.807, 2.05) is 10.2 Å². The molecular formula is C6H11O2Si. The third kappa shape index (κ3) is 5.30. The molecule has 0 amide bonds. The Morgan fingerprint density at radius 2 is 2.44 bits per heavy atom. The summed E-state index contributed by atoms with van der Waals surface area (Å²) >= 11 is 0. The van der Waals surface area contributed by atoms with Gasteiger partial charge in [0.05, 0.1) is 6.61 Å². The van der Waals surface area contributed by atoms with Gasteiger partial charge in [-0.1, -0.05) is 12.6 Å². The highest BCUT2D eigenvalue weighted by Crippen LogP contribution is 1.86. The van der Waals surface area contributed by atoms with Crippen molar-refractivity contribution in [2.45, 2.75) is 12.5 Å². The maximum Gasteiger partial charge on any atom is 0.330 e. The van der Waals surface area contributed by atoms with Crippen LogP contribution in [0.5, 0.6) is 0 Å². The summed E-state index contributed by atoms with van der Waals surface area (Å²) < 4.78 is 4.68. The smallest absolute Gasteiger partial charge is 0.330 e. The third-order valence-corrected chi connectivity index (χ3v) is 1.31. The molecular weight excluding hydrogens is 132 g/mol. The molecule has 0 unspecified atom stereocenters. The van der Waals surface area contributed by atoms with Crippen LogP contribution in [0.25, 0.3) is 0 Å². The fourth-order valence-corrected chi connectivity index (χ4v) is 0.538. The topological polar surface area (TPSA) is 26.3 Å². The highest BCUT2D eigenvalue weighted by atomic mass is 28.1. The van der Waals surface area contributed by atoms with Crippen LogP contribution >= 0.6 is 0 Å². The first-order valence-corrected chi connectivity index (χ1v) is 3.89. The minimum atomic E-state index is -0.327. The van der Waals surface area contributed by atoms with Crippen LogP contribution in [0.4, 0.5) is 0 Å². The van der Waals surface area contributed by atoms with Crippen molar-refractivity contribution >= 4 is 16.2 Å². The van der Waals surface area contributed by atoms with Gasteiger partial charge in [-0.15, -0.1) is 0 Å². The Morgan fingerprint density at radius 1 is 1.78 bits per heavy atom. The molecule has 0 aliphatic carbocycles. The number of rotatable bonds is 4. The van der Waals surface area contributed by atoms with Crippen molar-refractivity contribution in [3.8, 4) is 0 Å². The van der Waals surface area contributed by atoms with E-state index in [1.54, 1.807) is 0 Å². The summed E-state index contributed by atoms with van der Waals surface area (Å²) in [6, 6.07) is 1.07. The van der Waals surface area contributed by atoms with Gasteiger partial charge < -0.3 is 4.74 Å². The van der Waals surface area contributed by atoms with Crippen molar-refractivity contribution in [1.29, 1.82) is 0 Å². The Labute approximate surface area is 58.3 Å². The average Bonchev–Trinajstić information content (AvgIpc) is 1.89. The monoisotopic (exact) mass is 143 g/mol. The van der Waals surface area contributed by atoms with Crippen molar-refractivity contribution in [1.82, 2.24) is 0 Å². The lowest BCUT2D eigenvalue weighted by atomic mass is 10.5. The fourth-order valence-electron chi connectivity index (χ4n) is 0.334. The first-order chi connectivity index (χ1) is 4.31. The molecule has 0 fully saturated rings. The maximum atomic E-state index is 10.3. The van der Waals surface area contributed by atoms with E-state index >= 15 is 0 Å². The molecule has 0 bridgehead atoms. The van der Waals surface area contributed by atoms with Gasteiger partial charge in [-0.25, -0.2) is 4.79 Å². The first-order valence-electron chi connectivity index (χ1n) is 2.89. The summed E-state index contributed by atoms with van der Waals surface area (Å²) in [6.45, 7) is 3.79. The van der Waals surface area contributed by atoms with E-state index in [4.69, 9.17) is 0 Å². The first kappa shape index (κ1) is 8.43. The van der Waals surface area contributed by atoms with Gasteiger partial charge in [-0.2, -0.15) is 0 Å². The van der Waals surface area contributed by atoms with E-state index in [9.17, 15) is 4.79 Å². The van der Waals surface area contributed by atoms with E-state index in [1.165, 1.54) is 6.08 Å². The second kappa shape index (κ2) is 5.56. The molecule has 2 nitrogen and oxygen atoms in total. The Hall–Kier alpha value is -0.573. The van der Waals surface area contributed by atoms with E-state index in [-0.39, 0.29) is 5.97 Å². The second-order valence-electron chi connectivity index (χ2n) is 1.58. The molecule has 0 rings (SSSR count). The van der Waals surface area contributed by atoms with Crippen LogP contribution in [0.2, 0.25) is 6.04 Å². The van der Waals surface area contributed by atoms with Crippen LogP contribution in [-0.4, -0.2) is 22.8 Å². The lowest BCUT2D eigenvalue weighted by molar-refractivity contribution is -0.137. The van der Waals surface area contributed by atoms with Gasteiger partial charge >= 0.3 is 5.97 Å². The fraction of sp³-hybridized carbons (Fsp3) is 0.500. The zero-order chi connectivity index (χ0) is 7.11. The molecule has 0 saturated carbocycles. The van der Waals surface area contributed by atoms with Crippen LogP contribution in [0.3, 0.4) is 0 Å². The number of hydrogen-bond donors (Lipinski definition) is 0. The normalized spacial score (nSPS) is 8.56. The molecule has 1 radical (unpaired) electrons. The average molecular weight is 143 g/mol. The van der Waals surface area contributed by atoms with Crippen LogP contribution in [0, 0.1) is 0 Å². The van der Waals surface area contributed by atoms with Crippen LogP contribution in [0.15, 0.2) is 12.7 Å². The Bertz CT molecular complexity index is 101. The summed E-state index contributed by atoms with van der Waals surface area (Å²) in [6.07, 6.45) is 2.12. The van der Waals surface area contributed by atoms with Crippen molar-refractivity contribution in [2.75, 3.05) is 6.61 Å². The van der Waals surface area contributed by atoms with E-state index in [0.29, 0.717) is 6.61 Å². The molecule has 0 aromatic carbocycles. The van der Waals surface area contributed by atoms with E-state index < -0.39 is 0 Å². The molecule has 0 atom stereocenters. The van der Waals surface area contributed by atoms with Gasteiger partial charge in [0.15, 0.2) is 0 Å². The second-order valence-corrected chi connectivity index (χ2v) is 2.29. The Balaban J connectivity index is 3.07. The van der Waals surface area contributed by atoms with Gasteiger partial charge in [0.2, 0.25) is 0 Å². The van der Waals surface area contributed by atoms with Gasteiger partial charge in [-0.05, 0) is 6.42 Å². The van der Waals surface area contributed by atoms with Gasteiger partial charge in [-0.3, -0.25) is 0 Å². The summed E-state index contributed by atoms with van der Waals surface area (Å²) in [7, 11) is 1.87. The molecule has 0 aliphatic heterocycles. The minimum absolute atomic E-state index is 0.327. The number of ether oxygens (including phenoxy) is 1. The van der Waals surface area contributed by atoms with Crippen molar-refractivity contribution in [3.63, 3.8) is 0 Å². The lowest BCUT2D eigenvalue weighted by Gasteiger charge is -1.97. The van der Waals surface area contributed by atoms with E-state index in [2.05, 4.69) is 11.3 Å². The quantitative estimate of drug-likeness (QED) is 0.242. The molecule has 0 spiro atoms. The van der Waals surface area contributed by atoms with Crippen LogP contribution in [0.1, 0.15) is 6.42 Å². The summed E-state index contributed by atoms with van der Waals surface area (Å²) in [4.78, 5) is 10.3. The van der Waals surface area contributed by atoms with Crippen LogP contribution < -0.4 is 0 Å². The van der Waals surface area contributed by atoms with Crippen molar-refractivity contribution in [3.05, 3.63) is 12.7 Å². The molecule has 0 saturated heterocycles. The molecule has 3 heteroatoms. The third-order valence-electron chi connectivity index (χ3n) is 0.805. The SMILES string of the molecule is C=CC(=O)OCCC[SiH2]. The predicted octanol–water partition coefficient (Wildman–Crippen LogP) is 0.157. The molecule has 51 valence electrons. The summed E-state index contributed by atoms with van der Waals surface area (Å²) in [5.41, 5.74) is 0. The minimum Gasteiger partial charge on any atom is -0.463 e. The van der Waals surface area contributed by atoms with E-state index in [0.717, 1.165) is 12.5 Å². The van der Waals surface area contributed by atoms with Gasteiger partial charge in [0.1, 0.15) is 0 Å². The lowest BCUT2D eigenvalue weighted by Crippen LogP contribution is -2.00. The predicted molar refractivity (Wildman–Crippen MR) is 39.1 cm³/mol. The summed E-state index contributed by atoms with van der Waals surface area (Å²) in [5.74, 6) is -0.327. The number of carbonyl (C=O) groups excluding carboxylic acids is 1. The largest absolute Gasteiger partial charge is 0.463 e. The van der Waals surface area contributed by atoms with Crippen molar-refractivity contribution < 1.29 is 9.53 Å². The van der Waals surface area contributed by atoms with Crippen LogP contribution in [-0.2, 0) is 9.53 Å². The Kier molecular flexibility index (Phi) is 5.21. The molecule has 0 aromatic heterocycles. The zero-order valence-electron chi connectivity index (χ0n) is 5.43. The molecule has 0 heterocycles. The zero-order valence-corrected chi connectivity index (χ0v) is 6.84. The Morgan fingerprint density at radius 3 is 2.89 bits per heavy atom. The standard InChI is InChI=1S/C6H11O2Si/c1-2-6(7)8-4-3-5-9/h2H,1,3-5,9H2. The number of hydrogen-bond acceptors (Lipinski definition) is 2. The van der Waals surface area contributed by atoms with Gasteiger partial charge in [0.25, 0.3) is 0 Å². The van der Waals surface area contributed by atoms with Gasteiger partial charge in [0, 0.05) is 16.3 Å². The number of esters is 1. The van der Waals surface area contributed by atoms with Crippen molar-refractivity contribution in [2.24, 2.45) is 0 Å². The molecule has 0 aromatic rings. The highest BCUT2D eigenvalue weighted by molar-refractivity contribution is 6.08. The molecule has 0 N–H and O–H groups in total. The molecule has 9 heavy (non-hydrogen) atoms. The molecule has 0 aliphatic rings. The summed E-state index contributed by atoms with van der Waals surface area (Å²) in [5, 5.41) is 0. The maximum absolute atomic E-state index is 10.3. The highest BCUT2D eigenvalue weighted by Gasteiger charge is 1.91.